The molecule has 0 saturated carbocycles. The summed E-state index contributed by atoms with van der Waals surface area (Å²) in [6.07, 6.45) is 0. The number of amides is 2. The molecule has 0 radical (unpaired) electrons. The molecule has 0 spiro atoms. The van der Waals surface area contributed by atoms with E-state index in [-0.39, 0.29) is 22.5 Å². The maximum Gasteiger partial charge on any atom is 0.282 e. The van der Waals surface area contributed by atoms with Crippen molar-refractivity contribution in [2.24, 2.45) is 0 Å². The number of carbonyl (C=O) groups excluding carboxylic acids is 2. The lowest BCUT2D eigenvalue weighted by Crippen LogP contribution is -2.28. The van der Waals surface area contributed by atoms with Gasteiger partial charge in [0.2, 0.25) is 0 Å². The van der Waals surface area contributed by atoms with Gasteiger partial charge in [0.15, 0.2) is 0 Å². The van der Waals surface area contributed by atoms with Gasteiger partial charge in [-0.1, -0.05) is 97.1 Å². The van der Waals surface area contributed by atoms with Gasteiger partial charge in [-0.3, -0.25) is 29.8 Å². The maximum absolute atomic E-state index is 13.1. The molecule has 10 heteroatoms. The van der Waals surface area contributed by atoms with Gasteiger partial charge in [0, 0.05) is 23.5 Å². The molecule has 0 fully saturated rings. The highest BCUT2D eigenvalue weighted by Crippen LogP contribution is 2.56. The van der Waals surface area contributed by atoms with Crippen molar-refractivity contribution in [2.45, 2.75) is 5.41 Å². The molecular weight excluding hydrogens is 620 g/mol. The monoisotopic (exact) mass is 646 g/mol. The van der Waals surface area contributed by atoms with Crippen LogP contribution in [0, 0.1) is 20.2 Å². The molecule has 0 aromatic heterocycles. The molecule has 49 heavy (non-hydrogen) atoms. The van der Waals surface area contributed by atoms with E-state index in [1.165, 1.54) is 36.4 Å². The SMILES string of the molecule is O=C(Nc1ccc(C2(c3ccc(NC(=O)c4ccccc4[N+](=O)[O-])cc3)c3ccccc3-c3ccccc32)cc1)c1ccccc1[N+](=O)[O-]. The fourth-order valence-corrected chi connectivity index (χ4v) is 6.68. The summed E-state index contributed by atoms with van der Waals surface area (Å²) < 4.78 is 0. The number of nitro benzene ring substituents is 2. The van der Waals surface area contributed by atoms with Crippen molar-refractivity contribution in [3.05, 3.63) is 199 Å². The Hall–Kier alpha value is -6.94. The second-order valence-corrected chi connectivity index (χ2v) is 11.5. The van der Waals surface area contributed by atoms with Crippen molar-refractivity contribution in [1.29, 1.82) is 0 Å². The molecule has 10 nitrogen and oxygen atoms in total. The van der Waals surface area contributed by atoms with Crippen LogP contribution in [0.5, 0.6) is 0 Å². The fourth-order valence-electron chi connectivity index (χ4n) is 6.68. The van der Waals surface area contributed by atoms with Gasteiger partial charge in [-0.25, -0.2) is 0 Å². The Morgan fingerprint density at radius 2 is 0.816 bits per heavy atom. The van der Waals surface area contributed by atoms with Gasteiger partial charge in [-0.05, 0) is 69.8 Å². The highest BCUT2D eigenvalue weighted by molar-refractivity contribution is 6.07. The van der Waals surface area contributed by atoms with Crippen LogP contribution in [0.1, 0.15) is 43.0 Å². The maximum atomic E-state index is 13.1. The molecule has 238 valence electrons. The zero-order valence-electron chi connectivity index (χ0n) is 25.7. The molecule has 2 amide bonds. The topological polar surface area (TPSA) is 144 Å². The first kappa shape index (κ1) is 30.7. The molecule has 0 atom stereocenters. The van der Waals surface area contributed by atoms with Crippen LogP contribution in [0.4, 0.5) is 22.7 Å². The van der Waals surface area contributed by atoms with Crippen molar-refractivity contribution in [3.8, 4) is 11.1 Å². The average Bonchev–Trinajstić information content (AvgIpc) is 3.43. The van der Waals surface area contributed by atoms with E-state index < -0.39 is 27.1 Å². The van der Waals surface area contributed by atoms with Gasteiger partial charge in [0.1, 0.15) is 11.1 Å². The van der Waals surface area contributed by atoms with Crippen LogP contribution in [0.3, 0.4) is 0 Å². The number of hydrogen-bond donors (Lipinski definition) is 2. The molecule has 0 bridgehead atoms. The Bertz CT molecular complexity index is 2120. The molecule has 1 aliphatic rings. The first-order chi connectivity index (χ1) is 23.8. The number of benzene rings is 6. The first-order valence-electron chi connectivity index (χ1n) is 15.3. The van der Waals surface area contributed by atoms with Gasteiger partial charge in [-0.2, -0.15) is 0 Å². The number of carbonyl (C=O) groups is 2. The van der Waals surface area contributed by atoms with E-state index in [1.54, 1.807) is 36.4 Å². The van der Waals surface area contributed by atoms with Gasteiger partial charge in [0.05, 0.1) is 15.3 Å². The van der Waals surface area contributed by atoms with Crippen LogP contribution in [0.25, 0.3) is 11.1 Å². The van der Waals surface area contributed by atoms with E-state index in [2.05, 4.69) is 34.9 Å². The summed E-state index contributed by atoms with van der Waals surface area (Å²) in [5, 5.41) is 28.6. The van der Waals surface area contributed by atoms with Gasteiger partial charge < -0.3 is 10.6 Å². The molecule has 0 aliphatic heterocycles. The van der Waals surface area contributed by atoms with Crippen molar-refractivity contribution in [3.63, 3.8) is 0 Å². The molecular formula is C39H26N4O6. The van der Waals surface area contributed by atoms with Crippen LogP contribution in [-0.4, -0.2) is 21.7 Å². The predicted molar refractivity (Wildman–Crippen MR) is 186 cm³/mol. The third kappa shape index (κ3) is 5.27. The van der Waals surface area contributed by atoms with Crippen LogP contribution in [-0.2, 0) is 5.41 Å². The highest BCUT2D eigenvalue weighted by atomic mass is 16.6. The van der Waals surface area contributed by atoms with Crippen molar-refractivity contribution < 1.29 is 19.4 Å². The molecule has 0 unspecified atom stereocenters. The summed E-state index contributed by atoms with van der Waals surface area (Å²) in [6.45, 7) is 0. The Balaban J connectivity index is 1.28. The van der Waals surface area contributed by atoms with Crippen molar-refractivity contribution in [2.75, 3.05) is 10.6 Å². The normalized spacial score (nSPS) is 12.3. The van der Waals surface area contributed by atoms with Crippen LogP contribution >= 0.6 is 0 Å². The van der Waals surface area contributed by atoms with E-state index in [4.69, 9.17) is 0 Å². The quantitative estimate of drug-likeness (QED) is 0.125. The summed E-state index contributed by atoms with van der Waals surface area (Å²) in [6, 6.07) is 42.7. The number of anilines is 2. The molecule has 7 rings (SSSR count). The van der Waals surface area contributed by atoms with Crippen molar-refractivity contribution in [1.82, 2.24) is 0 Å². The number of nitrogens with zero attached hydrogens (tertiary/aromatic N) is 2. The number of hydrogen-bond acceptors (Lipinski definition) is 6. The minimum atomic E-state index is -0.783. The van der Waals surface area contributed by atoms with Crippen LogP contribution in [0.2, 0.25) is 0 Å². The minimum absolute atomic E-state index is 0.0410. The largest absolute Gasteiger partial charge is 0.322 e. The van der Waals surface area contributed by atoms with E-state index in [9.17, 15) is 29.8 Å². The van der Waals surface area contributed by atoms with Gasteiger partial charge >= 0.3 is 0 Å². The summed E-state index contributed by atoms with van der Waals surface area (Å²) in [5.74, 6) is -1.19. The zero-order valence-corrected chi connectivity index (χ0v) is 25.7. The zero-order chi connectivity index (χ0) is 34.1. The lowest BCUT2D eigenvalue weighted by molar-refractivity contribution is -0.385. The molecule has 0 saturated heterocycles. The predicted octanol–water partition coefficient (Wildman–Crippen LogP) is 8.37. The van der Waals surface area contributed by atoms with Crippen LogP contribution in [0.15, 0.2) is 146 Å². The number of para-hydroxylation sites is 2. The number of fused-ring (bicyclic) bond motifs is 3. The third-order valence-corrected chi connectivity index (χ3v) is 8.79. The standard InChI is InChI=1S/C39H26N4O6/c44-37(31-11-3-7-15-35(31)42(46)47)40-27-21-17-25(18-22-27)39(33-13-5-1-9-29(33)30-10-2-6-14-34(30)39)26-19-23-28(24-20-26)41-38(45)32-12-4-8-16-36(32)43(48)49/h1-24H,(H,40,44)(H,41,45). The van der Waals surface area contributed by atoms with E-state index in [0.717, 1.165) is 33.4 Å². The number of nitro groups is 2. The van der Waals surface area contributed by atoms with Gasteiger partial charge in [0.25, 0.3) is 23.2 Å². The number of nitrogens with one attached hydrogen (secondary N) is 2. The second-order valence-electron chi connectivity index (χ2n) is 11.5. The first-order valence-corrected chi connectivity index (χ1v) is 15.3. The minimum Gasteiger partial charge on any atom is -0.322 e. The van der Waals surface area contributed by atoms with Gasteiger partial charge in [-0.15, -0.1) is 0 Å². The molecule has 6 aromatic carbocycles. The lowest BCUT2D eigenvalue weighted by atomic mass is 9.67. The number of rotatable bonds is 8. The van der Waals surface area contributed by atoms with Crippen LogP contribution < -0.4 is 10.6 Å². The molecule has 2 N–H and O–H groups in total. The summed E-state index contributed by atoms with van der Waals surface area (Å²) in [4.78, 5) is 48.0. The third-order valence-electron chi connectivity index (χ3n) is 8.79. The Labute approximate surface area is 280 Å². The van der Waals surface area contributed by atoms with E-state index >= 15 is 0 Å². The summed E-state index contributed by atoms with van der Waals surface area (Å²) in [7, 11) is 0. The summed E-state index contributed by atoms with van der Waals surface area (Å²) in [5.41, 5.74) is 5.55. The smallest absolute Gasteiger partial charge is 0.282 e. The Morgan fingerprint density at radius 1 is 0.469 bits per heavy atom. The average molecular weight is 647 g/mol. The fraction of sp³-hybridized carbons (Fsp3) is 0.0256. The molecule has 0 heterocycles. The molecule has 1 aliphatic carbocycles. The van der Waals surface area contributed by atoms with Crippen molar-refractivity contribution >= 4 is 34.6 Å². The van der Waals surface area contributed by atoms with E-state index in [0.29, 0.717) is 11.4 Å². The highest BCUT2D eigenvalue weighted by Gasteiger charge is 2.45. The summed E-state index contributed by atoms with van der Waals surface area (Å²) >= 11 is 0. The second kappa shape index (κ2) is 12.3. The lowest BCUT2D eigenvalue weighted by Gasteiger charge is -2.34. The Kier molecular flexibility index (Phi) is 7.73. The Morgan fingerprint density at radius 3 is 1.20 bits per heavy atom. The van der Waals surface area contributed by atoms with E-state index in [1.807, 2.05) is 48.5 Å². The molecule has 6 aromatic rings.